The van der Waals surface area contributed by atoms with Gasteiger partial charge in [0.1, 0.15) is 0 Å². The molecule has 1 aromatic carbocycles. The monoisotopic (exact) mass is 194 g/mol. The van der Waals surface area contributed by atoms with E-state index in [0.717, 1.165) is 5.56 Å². The molecule has 0 aliphatic carbocycles. The van der Waals surface area contributed by atoms with Gasteiger partial charge in [0.25, 0.3) is 0 Å². The molecule has 1 atom stereocenters. The Kier molecular flexibility index (Phi) is 2.88. The van der Waals surface area contributed by atoms with Crippen LogP contribution in [0.1, 0.15) is 18.4 Å². The van der Waals surface area contributed by atoms with Crippen molar-refractivity contribution in [1.82, 2.24) is 0 Å². The number of carboxylic acids is 1. The van der Waals surface area contributed by atoms with Crippen molar-refractivity contribution in [2.45, 2.75) is 18.5 Å². The Morgan fingerprint density at radius 2 is 1.86 bits per heavy atom. The van der Waals surface area contributed by atoms with Gasteiger partial charge in [0, 0.05) is 5.92 Å². The first-order chi connectivity index (χ1) is 6.46. The summed E-state index contributed by atoms with van der Waals surface area (Å²) in [7, 11) is 0. The number of hydrogen-bond donors (Lipinski definition) is 3. The maximum absolute atomic E-state index is 10.8. The first kappa shape index (κ1) is 10.7. The summed E-state index contributed by atoms with van der Waals surface area (Å²) in [6.07, 6.45) is 0. The Hall–Kier alpha value is -1.39. The number of carboxylic acid groups (broad SMARTS) is 1. The van der Waals surface area contributed by atoms with Gasteiger partial charge in [0.05, 0.1) is 0 Å². The summed E-state index contributed by atoms with van der Waals surface area (Å²) in [4.78, 5) is 10.8. The molecule has 1 aromatic rings. The van der Waals surface area contributed by atoms with Crippen LogP contribution >= 0.6 is 0 Å². The molecule has 0 bridgehead atoms. The smallest absolute Gasteiger partial charge is 0.339 e. The predicted molar refractivity (Wildman–Crippen MR) is 53.6 cm³/mol. The van der Waals surface area contributed by atoms with Crippen LogP contribution in [0.15, 0.2) is 30.3 Å². The van der Waals surface area contributed by atoms with E-state index in [1.165, 1.54) is 0 Å². The fourth-order valence-corrected chi connectivity index (χ4v) is 1.20. The highest BCUT2D eigenvalue weighted by atomic mass is 16.4. The van der Waals surface area contributed by atoms with E-state index < -0.39 is 17.6 Å². The molecule has 1 rings (SSSR count). The van der Waals surface area contributed by atoms with Crippen molar-refractivity contribution in [1.29, 1.82) is 0 Å². The summed E-state index contributed by atoms with van der Waals surface area (Å²) in [6.45, 7) is 1.70. The van der Waals surface area contributed by atoms with Gasteiger partial charge in [-0.1, -0.05) is 37.3 Å². The number of rotatable bonds is 3. The van der Waals surface area contributed by atoms with Crippen LogP contribution in [-0.4, -0.2) is 16.7 Å². The molecule has 0 spiro atoms. The molecule has 76 valence electrons. The molecule has 0 heterocycles. The van der Waals surface area contributed by atoms with Crippen LogP contribution in [0.5, 0.6) is 0 Å². The molecular weight excluding hydrogens is 180 g/mol. The van der Waals surface area contributed by atoms with Crippen molar-refractivity contribution in [2.24, 2.45) is 11.5 Å². The highest BCUT2D eigenvalue weighted by molar-refractivity contribution is 5.79. The van der Waals surface area contributed by atoms with Crippen molar-refractivity contribution in [3.63, 3.8) is 0 Å². The van der Waals surface area contributed by atoms with E-state index in [1.807, 2.05) is 30.3 Å². The zero-order valence-electron chi connectivity index (χ0n) is 7.97. The first-order valence-electron chi connectivity index (χ1n) is 4.32. The van der Waals surface area contributed by atoms with Gasteiger partial charge in [-0.15, -0.1) is 0 Å². The third-order valence-corrected chi connectivity index (χ3v) is 2.39. The summed E-state index contributed by atoms with van der Waals surface area (Å²) in [6, 6.07) is 9.11. The lowest BCUT2D eigenvalue weighted by Gasteiger charge is -2.26. The minimum absolute atomic E-state index is 0.429. The fourth-order valence-electron chi connectivity index (χ4n) is 1.20. The summed E-state index contributed by atoms with van der Waals surface area (Å²) in [5.41, 5.74) is 10.1. The van der Waals surface area contributed by atoms with E-state index >= 15 is 0 Å². The molecular formula is C10H14N2O2. The lowest BCUT2D eigenvalue weighted by molar-refractivity contribution is -0.143. The van der Waals surface area contributed by atoms with Gasteiger partial charge in [0.2, 0.25) is 0 Å². The highest BCUT2D eigenvalue weighted by Gasteiger charge is 2.36. The van der Waals surface area contributed by atoms with Crippen LogP contribution in [0.4, 0.5) is 0 Å². The molecule has 0 saturated carbocycles. The Labute approximate surface area is 82.5 Å². The summed E-state index contributed by atoms with van der Waals surface area (Å²) >= 11 is 0. The lowest BCUT2D eigenvalue weighted by atomic mass is 9.89. The van der Waals surface area contributed by atoms with Gasteiger partial charge < -0.3 is 16.6 Å². The largest absolute Gasteiger partial charge is 0.479 e. The quantitative estimate of drug-likeness (QED) is 0.611. The van der Waals surface area contributed by atoms with Crippen molar-refractivity contribution in [3.05, 3.63) is 35.9 Å². The van der Waals surface area contributed by atoms with E-state index in [-0.39, 0.29) is 0 Å². The van der Waals surface area contributed by atoms with E-state index in [2.05, 4.69) is 0 Å². The van der Waals surface area contributed by atoms with Crippen LogP contribution in [0.2, 0.25) is 0 Å². The SMILES string of the molecule is CC(c1ccccc1)C(N)(N)C(=O)O. The van der Waals surface area contributed by atoms with Gasteiger partial charge in [-0.3, -0.25) is 0 Å². The van der Waals surface area contributed by atoms with Crippen LogP contribution in [0, 0.1) is 0 Å². The molecule has 0 aliphatic rings. The second-order valence-corrected chi connectivity index (χ2v) is 3.37. The van der Waals surface area contributed by atoms with Crippen LogP contribution in [-0.2, 0) is 4.79 Å². The minimum Gasteiger partial charge on any atom is -0.479 e. The van der Waals surface area contributed by atoms with Crippen molar-refractivity contribution in [3.8, 4) is 0 Å². The molecule has 0 aliphatic heterocycles. The third-order valence-electron chi connectivity index (χ3n) is 2.39. The number of aliphatic carboxylic acids is 1. The Morgan fingerprint density at radius 3 is 2.29 bits per heavy atom. The molecule has 14 heavy (non-hydrogen) atoms. The van der Waals surface area contributed by atoms with E-state index in [0.29, 0.717) is 0 Å². The number of benzene rings is 1. The van der Waals surface area contributed by atoms with Crippen molar-refractivity contribution in [2.75, 3.05) is 0 Å². The fraction of sp³-hybridized carbons (Fsp3) is 0.300. The zero-order chi connectivity index (χ0) is 10.8. The van der Waals surface area contributed by atoms with Crippen molar-refractivity contribution >= 4 is 5.97 Å². The van der Waals surface area contributed by atoms with E-state index in [9.17, 15) is 4.79 Å². The molecule has 0 radical (unpaired) electrons. The standard InChI is InChI=1S/C10H14N2O2/c1-7(10(11,12)9(13)14)8-5-3-2-4-6-8/h2-7H,11-12H2,1H3,(H,13,14). The number of nitrogens with two attached hydrogens (primary N) is 2. The normalized spacial score (nSPS) is 13.6. The molecule has 0 amide bonds. The predicted octanol–water partition coefficient (Wildman–Crippen LogP) is 0.488. The molecule has 5 N–H and O–H groups in total. The van der Waals surface area contributed by atoms with E-state index in [4.69, 9.17) is 16.6 Å². The summed E-state index contributed by atoms with van der Waals surface area (Å²) in [5, 5.41) is 8.82. The third kappa shape index (κ3) is 1.92. The Balaban J connectivity index is 2.96. The van der Waals surface area contributed by atoms with Gasteiger partial charge >= 0.3 is 5.97 Å². The topological polar surface area (TPSA) is 89.3 Å². The molecule has 0 fully saturated rings. The number of hydrogen-bond acceptors (Lipinski definition) is 3. The van der Waals surface area contributed by atoms with Gasteiger partial charge in [-0.05, 0) is 5.56 Å². The van der Waals surface area contributed by atoms with Crippen LogP contribution in [0.25, 0.3) is 0 Å². The Morgan fingerprint density at radius 1 is 1.36 bits per heavy atom. The van der Waals surface area contributed by atoms with Gasteiger partial charge in [-0.2, -0.15) is 0 Å². The highest BCUT2D eigenvalue weighted by Crippen LogP contribution is 2.22. The van der Waals surface area contributed by atoms with Crippen LogP contribution < -0.4 is 11.5 Å². The maximum atomic E-state index is 10.8. The molecule has 0 saturated heterocycles. The molecule has 1 unspecified atom stereocenters. The van der Waals surface area contributed by atoms with E-state index in [1.54, 1.807) is 6.92 Å². The molecule has 4 heteroatoms. The first-order valence-corrected chi connectivity index (χ1v) is 4.32. The number of carbonyl (C=O) groups is 1. The summed E-state index contributed by atoms with van der Waals surface area (Å²) < 4.78 is 0. The second kappa shape index (κ2) is 3.77. The van der Waals surface area contributed by atoms with Gasteiger partial charge in [0.15, 0.2) is 5.66 Å². The van der Waals surface area contributed by atoms with Crippen molar-refractivity contribution < 1.29 is 9.90 Å². The lowest BCUT2D eigenvalue weighted by Crippen LogP contribution is -2.59. The summed E-state index contributed by atoms with van der Waals surface area (Å²) in [5.74, 6) is -1.63. The molecule has 4 nitrogen and oxygen atoms in total. The van der Waals surface area contributed by atoms with Gasteiger partial charge in [-0.25, -0.2) is 4.79 Å². The minimum atomic E-state index is -1.72. The Bertz CT molecular complexity index is 322. The maximum Gasteiger partial charge on any atom is 0.339 e. The van der Waals surface area contributed by atoms with Crippen LogP contribution in [0.3, 0.4) is 0 Å². The average Bonchev–Trinajstić information content (AvgIpc) is 2.17. The average molecular weight is 194 g/mol. The zero-order valence-corrected chi connectivity index (χ0v) is 7.97. The molecule has 0 aromatic heterocycles. The second-order valence-electron chi connectivity index (χ2n) is 3.37.